The number of hydrogen-bond donors (Lipinski definition) is 14. The van der Waals surface area contributed by atoms with Gasteiger partial charge in [-0.1, -0.05) is 166 Å². The predicted molar refractivity (Wildman–Crippen MR) is 395 cm³/mol. The summed E-state index contributed by atoms with van der Waals surface area (Å²) in [6, 6.07) is -7.67. The maximum absolute atomic E-state index is 15.0. The lowest BCUT2D eigenvalue weighted by Crippen LogP contribution is -2.64. The quantitative estimate of drug-likeness (QED) is 0.0353. The molecule has 0 aromatic heterocycles. The molecule has 4 unspecified atom stereocenters. The van der Waals surface area contributed by atoms with Crippen molar-refractivity contribution in [1.82, 2.24) is 68.7 Å². The molecule has 0 radical (unpaired) electrons. The van der Waals surface area contributed by atoms with E-state index in [1.807, 2.05) is 13.8 Å². The lowest BCUT2D eigenvalue weighted by atomic mass is 9.95. The highest BCUT2D eigenvalue weighted by molar-refractivity contribution is 6.03. The van der Waals surface area contributed by atoms with Crippen LogP contribution in [0.4, 0.5) is 0 Å². The zero-order valence-electron chi connectivity index (χ0n) is 65.2. The van der Waals surface area contributed by atoms with Crippen LogP contribution in [0.15, 0.2) is 42.1 Å². The Morgan fingerprint density at radius 2 is 1.15 bits per heavy atom. The number of nitrogens with two attached hydrogens (primary N) is 1. The van der Waals surface area contributed by atoms with Crippen molar-refractivity contribution in [3.8, 4) is 0 Å². The van der Waals surface area contributed by atoms with Crippen LogP contribution in [0.2, 0.25) is 0 Å². The number of esters is 1. The first-order valence-corrected chi connectivity index (χ1v) is 37.5. The van der Waals surface area contributed by atoms with E-state index in [1.165, 1.54) is 31.7 Å². The van der Waals surface area contributed by atoms with Crippen molar-refractivity contribution in [3.05, 3.63) is 47.7 Å². The first-order chi connectivity index (χ1) is 49.2. The van der Waals surface area contributed by atoms with Gasteiger partial charge < -0.3 is 84.3 Å². The highest BCUT2D eigenvalue weighted by atomic mass is 16.5. The summed E-state index contributed by atoms with van der Waals surface area (Å²) in [4.78, 5) is 202. The molecule has 0 aliphatic carbocycles. The summed E-state index contributed by atoms with van der Waals surface area (Å²) in [5, 5.41) is 43.2. The van der Waals surface area contributed by atoms with Gasteiger partial charge in [-0.15, -0.1) is 0 Å². The predicted octanol–water partition coefficient (Wildman–Crippen LogP) is 1.84. The molecule has 1 aromatic carbocycles. The van der Waals surface area contributed by atoms with Crippen molar-refractivity contribution in [3.63, 3.8) is 0 Å². The molecule has 2 heterocycles. The lowest BCUT2D eigenvalue weighted by Gasteiger charge is -2.33. The number of aliphatic hydroxyl groups excluding tert-OH is 1. The number of nitrogens with zero attached hydrogens (tertiary/aromatic N) is 1. The number of carbonyl (C=O) groups excluding carboxylic acids is 14. The molecule has 2 aliphatic heterocycles. The maximum atomic E-state index is 15.0. The third kappa shape index (κ3) is 27.7. The molecule has 590 valence electrons. The Morgan fingerprint density at radius 3 is 1.69 bits per heavy atom. The molecule has 16 atom stereocenters. The average molecular weight is 1480 g/mol. The standard InChI is InChI=1S/C75H124N14O16/c1-20-44(16)59(71(100)88-62-47(19)105-75(104)58(43(14)15)84-63(92)49(22-3)77-65(94)51(37-48-30-24-23-25-31-48)79-67(96)55(40(8)9)81-70(99)60(45(17)21-2)86-73(62)102)85-64(93)50(32-27-35-76)78-66(95)52-33-28-36-89(52)74(103)57(42(12)13)83-69(98)56(41(10)11)82-72(101)61(46(18)90)87-68(97)54(39(6)7)80-53(91)34-26-29-38(4)5/h22-25,30-31,38-47,50-52,54-62,90H,20-21,26-29,32-37,76H2,1-19H3,(H,77,94)(H,78,95)(H,79,96)(H,80,91)(H,81,99)(H,82,101)(H,83,98)(H,84,92)(H,85,93)(H,86,102)(H,87,97)(H,88,100)/t44?,45?,46?,47?,50-,51-,52+,54+,55+,56-,57+,58-,59+,60+,61-,62+/m0/s1. The molecule has 15 N–H and O–H groups in total. The number of aliphatic hydroxyl groups is 1. The number of likely N-dealkylation sites (tertiary alicyclic amines) is 1. The number of nitrogens with one attached hydrogen (secondary N) is 12. The number of rotatable bonds is 33. The van der Waals surface area contributed by atoms with Gasteiger partial charge in [0.15, 0.2) is 0 Å². The second kappa shape index (κ2) is 43.8. The summed E-state index contributed by atoms with van der Waals surface area (Å²) in [6.45, 7) is 31.8. The van der Waals surface area contributed by atoms with Gasteiger partial charge in [-0.25, -0.2) is 4.79 Å². The van der Waals surface area contributed by atoms with Crippen molar-refractivity contribution >= 4 is 82.8 Å². The monoisotopic (exact) mass is 1480 g/mol. The van der Waals surface area contributed by atoms with Gasteiger partial charge in [-0.05, 0) is 112 Å². The minimum Gasteiger partial charge on any atom is -0.458 e. The third-order valence-corrected chi connectivity index (χ3v) is 19.3. The molecule has 0 spiro atoms. The number of carbonyl (C=O) groups is 14. The van der Waals surface area contributed by atoms with E-state index in [1.54, 1.807) is 127 Å². The van der Waals surface area contributed by atoms with Crippen LogP contribution in [0.25, 0.3) is 0 Å². The van der Waals surface area contributed by atoms with E-state index >= 15 is 9.59 Å². The molecule has 105 heavy (non-hydrogen) atoms. The van der Waals surface area contributed by atoms with Crippen molar-refractivity contribution in [2.75, 3.05) is 13.1 Å². The van der Waals surface area contributed by atoms with Gasteiger partial charge in [0.2, 0.25) is 70.9 Å². The van der Waals surface area contributed by atoms with Gasteiger partial charge >= 0.3 is 5.97 Å². The zero-order chi connectivity index (χ0) is 79.4. The summed E-state index contributed by atoms with van der Waals surface area (Å²) in [5.41, 5.74) is 6.34. The number of cyclic esters (lactones) is 1. The topological polar surface area (TPSA) is 442 Å². The van der Waals surface area contributed by atoms with E-state index in [4.69, 9.17) is 10.5 Å². The van der Waals surface area contributed by atoms with E-state index in [2.05, 4.69) is 63.8 Å². The van der Waals surface area contributed by atoms with E-state index in [9.17, 15) is 62.6 Å². The summed E-state index contributed by atoms with van der Waals surface area (Å²) in [5.74, 6) is -15.1. The van der Waals surface area contributed by atoms with Gasteiger partial charge in [0.25, 0.3) is 5.91 Å². The van der Waals surface area contributed by atoms with Gasteiger partial charge in [-0.3, -0.25) is 62.3 Å². The summed E-state index contributed by atoms with van der Waals surface area (Å²) in [7, 11) is 0. The second-order valence-electron chi connectivity index (χ2n) is 30.2. The van der Waals surface area contributed by atoms with E-state index < -0.39 is 203 Å². The fourth-order valence-corrected chi connectivity index (χ4v) is 12.1. The van der Waals surface area contributed by atoms with Crippen LogP contribution < -0.4 is 69.5 Å². The third-order valence-electron chi connectivity index (χ3n) is 19.3. The smallest absolute Gasteiger partial charge is 0.329 e. The van der Waals surface area contributed by atoms with Gasteiger partial charge in [0.05, 0.1) is 6.10 Å². The van der Waals surface area contributed by atoms with E-state index in [0.717, 1.165) is 6.42 Å². The Balaban J connectivity index is 2.00. The number of amides is 13. The summed E-state index contributed by atoms with van der Waals surface area (Å²) in [6.07, 6.45) is 1.02. The zero-order valence-corrected chi connectivity index (χ0v) is 65.2. The first-order valence-electron chi connectivity index (χ1n) is 37.5. The number of benzene rings is 1. The van der Waals surface area contributed by atoms with Gasteiger partial charge in [0.1, 0.15) is 84.3 Å². The molecule has 1 aromatic rings. The number of allylic oxidation sites excluding steroid dienone is 1. The van der Waals surface area contributed by atoms with Crippen molar-refractivity contribution < 1.29 is 77.0 Å². The summed E-state index contributed by atoms with van der Waals surface area (Å²) < 4.78 is 5.96. The van der Waals surface area contributed by atoms with Crippen LogP contribution in [0.5, 0.6) is 0 Å². The number of hydrogen-bond acceptors (Lipinski definition) is 17. The van der Waals surface area contributed by atoms with Crippen LogP contribution in [0.3, 0.4) is 0 Å². The molecule has 2 saturated heterocycles. The van der Waals surface area contributed by atoms with E-state index in [-0.39, 0.29) is 63.2 Å². The molecular formula is C75H124N14O16. The normalized spacial score (nSPS) is 22.6. The largest absolute Gasteiger partial charge is 0.458 e. The fourth-order valence-electron chi connectivity index (χ4n) is 12.1. The molecule has 30 nitrogen and oxygen atoms in total. The minimum atomic E-state index is -1.83. The molecular weight excluding hydrogens is 1350 g/mol. The lowest BCUT2D eigenvalue weighted by molar-refractivity contribution is -0.157. The highest BCUT2D eigenvalue weighted by Gasteiger charge is 2.44. The average Bonchev–Trinajstić information content (AvgIpc) is 1.79. The minimum absolute atomic E-state index is 0.0355. The van der Waals surface area contributed by atoms with Crippen molar-refractivity contribution in [2.24, 2.45) is 53.1 Å². The fraction of sp³-hybridized carbons (Fsp3) is 0.707. The molecule has 0 bridgehead atoms. The van der Waals surface area contributed by atoms with Crippen LogP contribution in [0.1, 0.15) is 195 Å². The summed E-state index contributed by atoms with van der Waals surface area (Å²) >= 11 is 0. The van der Waals surface area contributed by atoms with Crippen molar-refractivity contribution in [2.45, 2.75) is 280 Å². The number of ether oxygens (including phenoxy) is 1. The van der Waals surface area contributed by atoms with E-state index in [0.29, 0.717) is 30.7 Å². The SMILES string of the molecule is CC=C1NC(=O)[C@H](Cc2ccccc2)NC(=O)[C@@H](C(C)C)NC(=O)[C@@H](C(C)CC)NC(=O)[C@H](NC(=O)[C@H](NC(=O)[C@H](CCCN)NC(=O)[C@H]2CCCN2C(=O)[C@H](NC(=O)[C@@H](NC(=O)[C@@H](NC(=O)[C@H](NC(=O)CCCC(C)C)C(C)C)C(C)O)C(C)C)C(C)C)C(C)CC)C(C)OC(=O)[C@H](C(C)C)NC1=O. The van der Waals surface area contributed by atoms with Gasteiger partial charge in [-0.2, -0.15) is 0 Å². The molecule has 0 saturated carbocycles. The van der Waals surface area contributed by atoms with Crippen LogP contribution in [-0.4, -0.2) is 191 Å². The maximum Gasteiger partial charge on any atom is 0.329 e. The Hall–Kier alpha value is -8.54. The molecule has 3 rings (SSSR count). The van der Waals surface area contributed by atoms with Gasteiger partial charge in [0, 0.05) is 19.4 Å². The molecule has 13 amide bonds. The van der Waals surface area contributed by atoms with Crippen molar-refractivity contribution in [1.29, 1.82) is 0 Å². The van der Waals surface area contributed by atoms with Crippen LogP contribution in [-0.2, 0) is 78.3 Å². The van der Waals surface area contributed by atoms with Crippen LogP contribution in [0, 0.1) is 47.3 Å². The Morgan fingerprint density at radius 1 is 0.610 bits per heavy atom. The molecule has 2 aliphatic rings. The molecule has 30 heteroatoms. The van der Waals surface area contributed by atoms with Crippen LogP contribution >= 0.6 is 0 Å². The first kappa shape index (κ1) is 90.7. The Kier molecular flexibility index (Phi) is 37.8. The Labute approximate surface area is 620 Å². The second-order valence-corrected chi connectivity index (χ2v) is 30.2. The molecule has 2 fully saturated rings. The highest BCUT2D eigenvalue weighted by Crippen LogP contribution is 2.23. The Bertz CT molecular complexity index is 3160.